The molecule has 0 aliphatic carbocycles. The molecule has 0 aromatic carbocycles. The summed E-state index contributed by atoms with van der Waals surface area (Å²) < 4.78 is 27.7. The van der Waals surface area contributed by atoms with Gasteiger partial charge in [0, 0.05) is 31.7 Å². The second-order valence-corrected chi connectivity index (χ2v) is 7.53. The van der Waals surface area contributed by atoms with Crippen LogP contribution in [0.25, 0.3) is 0 Å². The maximum atomic E-state index is 11.6. The van der Waals surface area contributed by atoms with E-state index in [1.165, 1.54) is 0 Å². The first-order valence-electron chi connectivity index (χ1n) is 7.61. The minimum atomic E-state index is -3.17. The number of sulfonamides is 1. The fourth-order valence-corrected chi connectivity index (χ4v) is 3.32. The third-order valence-electron chi connectivity index (χ3n) is 3.90. The number of fused-ring (bicyclic) bond motifs is 1. The predicted octanol–water partition coefficient (Wildman–Crippen LogP) is 0.564. The number of anilines is 1. The summed E-state index contributed by atoms with van der Waals surface area (Å²) in [5.41, 5.74) is 1.08. The van der Waals surface area contributed by atoms with Gasteiger partial charge < -0.3 is 4.90 Å². The van der Waals surface area contributed by atoms with E-state index in [9.17, 15) is 8.42 Å². The molecule has 1 N–H and O–H groups in total. The van der Waals surface area contributed by atoms with Crippen LogP contribution < -0.4 is 9.62 Å². The fourth-order valence-electron chi connectivity index (χ4n) is 2.69. The zero-order valence-corrected chi connectivity index (χ0v) is 13.8. The van der Waals surface area contributed by atoms with Crippen molar-refractivity contribution in [1.82, 2.24) is 24.5 Å². The van der Waals surface area contributed by atoms with Crippen molar-refractivity contribution >= 4 is 16.0 Å². The van der Waals surface area contributed by atoms with Crippen LogP contribution in [0.2, 0.25) is 0 Å². The third-order valence-corrected chi connectivity index (χ3v) is 5.30. The average molecular weight is 336 g/mol. The molecule has 2 aromatic rings. The highest BCUT2D eigenvalue weighted by molar-refractivity contribution is 7.89. The van der Waals surface area contributed by atoms with Gasteiger partial charge in [-0.2, -0.15) is 5.10 Å². The molecule has 3 heterocycles. The van der Waals surface area contributed by atoms with Crippen molar-refractivity contribution < 1.29 is 8.42 Å². The molecule has 23 heavy (non-hydrogen) atoms. The largest absolute Gasteiger partial charge is 0.333 e. The van der Waals surface area contributed by atoms with Crippen molar-refractivity contribution in [2.45, 2.75) is 25.9 Å². The van der Waals surface area contributed by atoms with E-state index in [4.69, 9.17) is 0 Å². The Kier molecular flexibility index (Phi) is 4.58. The Labute approximate surface area is 135 Å². The Morgan fingerprint density at radius 1 is 1.30 bits per heavy atom. The van der Waals surface area contributed by atoms with Gasteiger partial charge in [-0.3, -0.25) is 4.68 Å². The molecule has 0 spiro atoms. The van der Waals surface area contributed by atoms with Crippen molar-refractivity contribution in [2.24, 2.45) is 0 Å². The summed E-state index contributed by atoms with van der Waals surface area (Å²) in [6.07, 6.45) is 5.88. The highest BCUT2D eigenvalue weighted by Gasteiger charge is 2.26. The van der Waals surface area contributed by atoms with Crippen LogP contribution in [-0.4, -0.2) is 47.0 Å². The highest BCUT2D eigenvalue weighted by Crippen LogP contribution is 2.25. The van der Waals surface area contributed by atoms with Crippen LogP contribution >= 0.6 is 0 Å². The molecule has 1 atom stereocenters. The van der Waals surface area contributed by atoms with Crippen LogP contribution in [0, 0.1) is 0 Å². The Hall–Kier alpha value is -2.00. The number of nitrogens with zero attached hydrogens (tertiary/aromatic N) is 5. The molecule has 1 aliphatic rings. The first-order valence-corrected chi connectivity index (χ1v) is 9.26. The molecule has 0 saturated carbocycles. The van der Waals surface area contributed by atoms with Crippen LogP contribution in [0.5, 0.6) is 0 Å². The lowest BCUT2D eigenvalue weighted by Gasteiger charge is -2.33. The maximum Gasteiger partial charge on any atom is 0.225 e. The minimum absolute atomic E-state index is 0.0807. The monoisotopic (exact) mass is 336 g/mol. The summed E-state index contributed by atoms with van der Waals surface area (Å²) >= 11 is 0. The predicted molar refractivity (Wildman–Crippen MR) is 86.4 cm³/mol. The molecule has 8 nitrogen and oxygen atoms in total. The van der Waals surface area contributed by atoms with Crippen LogP contribution in [0.3, 0.4) is 0 Å². The molecule has 0 amide bonds. The van der Waals surface area contributed by atoms with E-state index in [-0.39, 0.29) is 11.8 Å². The zero-order valence-electron chi connectivity index (χ0n) is 13.0. The zero-order chi connectivity index (χ0) is 16.3. The normalized spacial score (nSPS) is 18.0. The Balaban J connectivity index is 1.72. The molecule has 0 saturated heterocycles. The Bertz CT molecular complexity index is 746. The SMILES string of the molecule is CCS(=O)(=O)NCC[C@@H]1CN(c2ncccn2)Cc2ccnn21. The topological polar surface area (TPSA) is 93.0 Å². The van der Waals surface area contributed by atoms with Crippen molar-refractivity contribution in [3.05, 3.63) is 36.4 Å². The average Bonchev–Trinajstić information content (AvgIpc) is 3.04. The van der Waals surface area contributed by atoms with Gasteiger partial charge in [0.15, 0.2) is 0 Å². The minimum Gasteiger partial charge on any atom is -0.333 e. The summed E-state index contributed by atoms with van der Waals surface area (Å²) in [6.45, 7) is 3.42. The molecule has 0 bridgehead atoms. The van der Waals surface area contributed by atoms with E-state index in [1.807, 2.05) is 10.7 Å². The molecule has 3 rings (SSSR count). The lowest BCUT2D eigenvalue weighted by Crippen LogP contribution is -2.40. The summed E-state index contributed by atoms with van der Waals surface area (Å²) in [7, 11) is -3.17. The molecular formula is C14H20N6O2S. The van der Waals surface area contributed by atoms with Gasteiger partial charge in [0.25, 0.3) is 0 Å². The summed E-state index contributed by atoms with van der Waals surface area (Å²) in [5, 5.41) is 4.37. The molecule has 0 radical (unpaired) electrons. The molecule has 9 heteroatoms. The molecular weight excluding hydrogens is 316 g/mol. The lowest BCUT2D eigenvalue weighted by atomic mass is 10.1. The van der Waals surface area contributed by atoms with Gasteiger partial charge in [-0.05, 0) is 25.5 Å². The molecule has 124 valence electrons. The first kappa shape index (κ1) is 15.9. The number of hydrogen-bond acceptors (Lipinski definition) is 6. The van der Waals surface area contributed by atoms with Crippen LogP contribution in [0.15, 0.2) is 30.7 Å². The highest BCUT2D eigenvalue weighted by atomic mass is 32.2. The van der Waals surface area contributed by atoms with E-state index in [2.05, 4.69) is 24.7 Å². The first-order chi connectivity index (χ1) is 11.1. The smallest absolute Gasteiger partial charge is 0.225 e. The van der Waals surface area contributed by atoms with Crippen LogP contribution in [0.4, 0.5) is 5.95 Å². The summed E-state index contributed by atoms with van der Waals surface area (Å²) in [5.74, 6) is 0.772. The maximum absolute atomic E-state index is 11.6. The number of aromatic nitrogens is 4. The van der Waals surface area contributed by atoms with Gasteiger partial charge in [-0.15, -0.1) is 0 Å². The molecule has 1 aliphatic heterocycles. The van der Waals surface area contributed by atoms with Gasteiger partial charge in [-0.25, -0.2) is 23.1 Å². The van der Waals surface area contributed by atoms with E-state index >= 15 is 0 Å². The molecule has 2 aromatic heterocycles. The summed E-state index contributed by atoms with van der Waals surface area (Å²) in [4.78, 5) is 10.7. The molecule has 0 fully saturated rings. The van der Waals surface area contributed by atoms with E-state index in [0.717, 1.165) is 5.69 Å². The summed E-state index contributed by atoms with van der Waals surface area (Å²) in [6, 6.07) is 3.84. The number of rotatable bonds is 6. The molecule has 0 unspecified atom stereocenters. The number of hydrogen-bond donors (Lipinski definition) is 1. The third kappa shape index (κ3) is 3.67. The van der Waals surface area contributed by atoms with Gasteiger partial charge in [0.2, 0.25) is 16.0 Å². The van der Waals surface area contributed by atoms with E-state index in [1.54, 1.807) is 31.6 Å². The Morgan fingerprint density at radius 2 is 2.09 bits per heavy atom. The lowest BCUT2D eigenvalue weighted by molar-refractivity contribution is 0.374. The van der Waals surface area contributed by atoms with Crippen LogP contribution in [-0.2, 0) is 16.6 Å². The van der Waals surface area contributed by atoms with Gasteiger partial charge in [-0.1, -0.05) is 0 Å². The second kappa shape index (κ2) is 6.63. The standard InChI is InChI=1S/C14H20N6O2S/c1-2-23(21,22)18-9-5-13-11-19(14-15-6-3-7-16-14)10-12-4-8-17-20(12)13/h3-4,6-8,13,18H,2,5,9-11H2,1H3/t13-/m1/s1. The Morgan fingerprint density at radius 3 is 2.83 bits per heavy atom. The van der Waals surface area contributed by atoms with Crippen molar-refractivity contribution in [1.29, 1.82) is 0 Å². The second-order valence-electron chi connectivity index (χ2n) is 5.44. The van der Waals surface area contributed by atoms with Crippen molar-refractivity contribution in [3.8, 4) is 0 Å². The van der Waals surface area contributed by atoms with Gasteiger partial charge in [0.1, 0.15) is 0 Å². The van der Waals surface area contributed by atoms with Gasteiger partial charge in [0.05, 0.1) is 24.0 Å². The quantitative estimate of drug-likeness (QED) is 0.829. The van der Waals surface area contributed by atoms with E-state index < -0.39 is 10.0 Å². The van der Waals surface area contributed by atoms with Crippen LogP contribution in [0.1, 0.15) is 25.1 Å². The van der Waals surface area contributed by atoms with E-state index in [0.29, 0.717) is 32.0 Å². The fraction of sp³-hybridized carbons (Fsp3) is 0.500. The van der Waals surface area contributed by atoms with Crippen molar-refractivity contribution in [3.63, 3.8) is 0 Å². The van der Waals surface area contributed by atoms with Crippen molar-refractivity contribution in [2.75, 3.05) is 23.7 Å². The van der Waals surface area contributed by atoms with Gasteiger partial charge >= 0.3 is 0 Å². The number of nitrogens with one attached hydrogen (secondary N) is 1.